The maximum absolute atomic E-state index is 11.3. The standard InChI is InChI=1S/C12H15N3O4/c1-7(6-19-2)13-10-5-9-8(4-12(16)14-9)3-11(10)15(17)18/h3,5,7,13H,4,6H2,1-2H3,(H,14,16). The molecular weight excluding hydrogens is 250 g/mol. The third kappa shape index (κ3) is 2.82. The molecule has 0 saturated carbocycles. The Balaban J connectivity index is 2.33. The van der Waals surface area contributed by atoms with Crippen LogP contribution in [0.1, 0.15) is 12.5 Å². The summed E-state index contributed by atoms with van der Waals surface area (Å²) in [7, 11) is 1.56. The summed E-state index contributed by atoms with van der Waals surface area (Å²) in [6, 6.07) is 2.97. The lowest BCUT2D eigenvalue weighted by molar-refractivity contribution is -0.384. The van der Waals surface area contributed by atoms with Gasteiger partial charge in [0.25, 0.3) is 5.69 Å². The fourth-order valence-electron chi connectivity index (χ4n) is 2.09. The number of nitrogens with one attached hydrogen (secondary N) is 2. The summed E-state index contributed by atoms with van der Waals surface area (Å²) in [5.74, 6) is -0.147. The molecule has 1 atom stereocenters. The maximum atomic E-state index is 11.3. The van der Waals surface area contributed by atoms with Gasteiger partial charge < -0.3 is 15.4 Å². The van der Waals surface area contributed by atoms with E-state index < -0.39 is 4.92 Å². The summed E-state index contributed by atoms with van der Waals surface area (Å²) < 4.78 is 4.98. The molecule has 7 nitrogen and oxygen atoms in total. The molecule has 1 aliphatic rings. The van der Waals surface area contributed by atoms with Gasteiger partial charge in [0.15, 0.2) is 0 Å². The fraction of sp³-hybridized carbons (Fsp3) is 0.417. The number of anilines is 2. The predicted molar refractivity (Wildman–Crippen MR) is 70.4 cm³/mol. The lowest BCUT2D eigenvalue weighted by atomic mass is 10.1. The molecule has 0 aliphatic carbocycles. The van der Waals surface area contributed by atoms with E-state index in [9.17, 15) is 14.9 Å². The fourth-order valence-corrected chi connectivity index (χ4v) is 2.09. The van der Waals surface area contributed by atoms with Crippen LogP contribution in [-0.2, 0) is 16.0 Å². The Labute approximate surface area is 110 Å². The van der Waals surface area contributed by atoms with Gasteiger partial charge in [-0.25, -0.2) is 0 Å². The lowest BCUT2D eigenvalue weighted by Crippen LogP contribution is -2.21. The number of amides is 1. The number of fused-ring (bicyclic) bond motifs is 1. The molecule has 0 spiro atoms. The van der Waals surface area contributed by atoms with E-state index in [1.807, 2.05) is 6.92 Å². The van der Waals surface area contributed by atoms with Gasteiger partial charge in [0, 0.05) is 24.9 Å². The SMILES string of the molecule is COCC(C)Nc1cc2c(cc1[N+](=O)[O-])CC(=O)N2. The van der Waals surface area contributed by atoms with Crippen molar-refractivity contribution in [3.63, 3.8) is 0 Å². The van der Waals surface area contributed by atoms with Crippen LogP contribution in [0.4, 0.5) is 17.1 Å². The first-order chi connectivity index (χ1) is 9.01. The molecule has 0 radical (unpaired) electrons. The predicted octanol–water partition coefficient (Wildman–Crippen LogP) is 1.54. The molecule has 1 heterocycles. The van der Waals surface area contributed by atoms with Crippen LogP contribution in [0.15, 0.2) is 12.1 Å². The minimum Gasteiger partial charge on any atom is -0.383 e. The van der Waals surface area contributed by atoms with E-state index in [4.69, 9.17) is 4.74 Å². The third-order valence-corrected chi connectivity index (χ3v) is 2.86. The molecule has 0 saturated heterocycles. The van der Waals surface area contributed by atoms with Gasteiger partial charge in [-0.1, -0.05) is 0 Å². The number of hydrogen-bond acceptors (Lipinski definition) is 5. The first kappa shape index (κ1) is 13.3. The van der Waals surface area contributed by atoms with Gasteiger partial charge in [-0.05, 0) is 18.6 Å². The van der Waals surface area contributed by atoms with Crippen molar-refractivity contribution in [2.45, 2.75) is 19.4 Å². The van der Waals surface area contributed by atoms with E-state index in [2.05, 4.69) is 10.6 Å². The Bertz CT molecular complexity index is 530. The molecule has 1 aromatic rings. The van der Waals surface area contributed by atoms with Crippen LogP contribution in [0.5, 0.6) is 0 Å². The molecular formula is C12H15N3O4. The van der Waals surface area contributed by atoms with Crippen LogP contribution in [0, 0.1) is 10.1 Å². The van der Waals surface area contributed by atoms with Crippen LogP contribution in [0.25, 0.3) is 0 Å². The summed E-state index contributed by atoms with van der Waals surface area (Å²) in [6.07, 6.45) is 0.185. The highest BCUT2D eigenvalue weighted by molar-refractivity contribution is 6.00. The Morgan fingerprint density at radius 2 is 2.32 bits per heavy atom. The van der Waals surface area contributed by atoms with Crippen LogP contribution in [0.2, 0.25) is 0 Å². The van der Waals surface area contributed by atoms with Crippen molar-refractivity contribution in [1.82, 2.24) is 0 Å². The van der Waals surface area contributed by atoms with Crippen molar-refractivity contribution in [2.24, 2.45) is 0 Å². The summed E-state index contributed by atoms with van der Waals surface area (Å²) >= 11 is 0. The molecule has 7 heteroatoms. The van der Waals surface area contributed by atoms with Gasteiger partial charge >= 0.3 is 0 Å². The summed E-state index contributed by atoms with van der Waals surface area (Å²) in [5.41, 5.74) is 1.64. The molecule has 19 heavy (non-hydrogen) atoms. The zero-order valence-electron chi connectivity index (χ0n) is 10.7. The zero-order chi connectivity index (χ0) is 14.0. The smallest absolute Gasteiger partial charge is 0.292 e. The molecule has 102 valence electrons. The maximum Gasteiger partial charge on any atom is 0.292 e. The summed E-state index contributed by atoms with van der Waals surface area (Å²) in [6.45, 7) is 2.29. The minimum absolute atomic E-state index is 0.0294. The first-order valence-electron chi connectivity index (χ1n) is 5.88. The number of carbonyl (C=O) groups excluding carboxylic acids is 1. The van der Waals surface area contributed by atoms with Gasteiger partial charge in [-0.2, -0.15) is 0 Å². The van der Waals surface area contributed by atoms with Crippen LogP contribution >= 0.6 is 0 Å². The molecule has 1 unspecified atom stereocenters. The van der Waals surface area contributed by atoms with E-state index in [1.54, 1.807) is 13.2 Å². The van der Waals surface area contributed by atoms with Gasteiger partial charge in [0.05, 0.1) is 18.0 Å². The minimum atomic E-state index is -0.453. The topological polar surface area (TPSA) is 93.5 Å². The van der Waals surface area contributed by atoms with E-state index in [0.29, 0.717) is 23.5 Å². The molecule has 0 bridgehead atoms. The van der Waals surface area contributed by atoms with Crippen molar-refractivity contribution >= 4 is 23.0 Å². The van der Waals surface area contributed by atoms with Crippen molar-refractivity contribution in [3.05, 3.63) is 27.8 Å². The molecule has 1 amide bonds. The number of carbonyl (C=O) groups is 1. The van der Waals surface area contributed by atoms with Crippen molar-refractivity contribution in [2.75, 3.05) is 24.4 Å². The molecule has 0 aromatic heterocycles. The Morgan fingerprint density at radius 1 is 1.58 bits per heavy atom. The zero-order valence-corrected chi connectivity index (χ0v) is 10.7. The van der Waals surface area contributed by atoms with Crippen LogP contribution in [-0.4, -0.2) is 30.6 Å². The normalized spacial score (nSPS) is 14.7. The number of hydrogen-bond donors (Lipinski definition) is 2. The Morgan fingerprint density at radius 3 is 2.95 bits per heavy atom. The number of rotatable bonds is 5. The average Bonchev–Trinajstić information content (AvgIpc) is 2.67. The second kappa shape index (κ2) is 5.23. The van der Waals surface area contributed by atoms with E-state index in [1.165, 1.54) is 6.07 Å². The Kier molecular flexibility index (Phi) is 3.66. The summed E-state index contributed by atoms with van der Waals surface area (Å²) in [5, 5.41) is 16.8. The average molecular weight is 265 g/mol. The second-order valence-corrected chi connectivity index (χ2v) is 4.51. The van der Waals surface area contributed by atoms with Crippen molar-refractivity contribution in [1.29, 1.82) is 0 Å². The number of benzene rings is 1. The number of nitro groups is 1. The molecule has 2 rings (SSSR count). The van der Waals surface area contributed by atoms with Crippen molar-refractivity contribution < 1.29 is 14.5 Å². The van der Waals surface area contributed by atoms with Gasteiger partial charge in [-0.3, -0.25) is 14.9 Å². The number of nitro benzene ring substituents is 1. The largest absolute Gasteiger partial charge is 0.383 e. The van der Waals surface area contributed by atoms with Gasteiger partial charge in [0.1, 0.15) is 5.69 Å². The third-order valence-electron chi connectivity index (χ3n) is 2.86. The lowest BCUT2D eigenvalue weighted by Gasteiger charge is -2.15. The van der Waals surface area contributed by atoms with Gasteiger partial charge in [-0.15, -0.1) is 0 Å². The molecule has 1 aliphatic heterocycles. The highest BCUT2D eigenvalue weighted by atomic mass is 16.6. The van der Waals surface area contributed by atoms with Crippen LogP contribution < -0.4 is 10.6 Å². The molecule has 1 aromatic carbocycles. The molecule has 2 N–H and O–H groups in total. The highest BCUT2D eigenvalue weighted by Gasteiger charge is 2.25. The van der Waals surface area contributed by atoms with E-state index in [0.717, 1.165) is 0 Å². The number of methoxy groups -OCH3 is 1. The summed E-state index contributed by atoms with van der Waals surface area (Å²) in [4.78, 5) is 21.9. The van der Waals surface area contributed by atoms with E-state index in [-0.39, 0.29) is 24.1 Å². The number of nitrogens with zero attached hydrogens (tertiary/aromatic N) is 1. The van der Waals surface area contributed by atoms with Crippen molar-refractivity contribution in [3.8, 4) is 0 Å². The van der Waals surface area contributed by atoms with Gasteiger partial charge in [0.2, 0.25) is 5.91 Å². The van der Waals surface area contributed by atoms with E-state index >= 15 is 0 Å². The van der Waals surface area contributed by atoms with Crippen LogP contribution in [0.3, 0.4) is 0 Å². The first-order valence-corrected chi connectivity index (χ1v) is 5.88. The second-order valence-electron chi connectivity index (χ2n) is 4.51. The Hall–Kier alpha value is -2.15. The number of ether oxygens (including phenoxy) is 1. The monoisotopic (exact) mass is 265 g/mol. The quantitative estimate of drug-likeness (QED) is 0.622. The molecule has 0 fully saturated rings. The highest BCUT2D eigenvalue weighted by Crippen LogP contribution is 2.34.